The quantitative estimate of drug-likeness (QED) is 0.920. The molecule has 2 rings (SSSR count). The zero-order valence-electron chi connectivity index (χ0n) is 11.3. The predicted octanol–water partition coefficient (Wildman–Crippen LogP) is 4.02. The fourth-order valence-electron chi connectivity index (χ4n) is 1.87. The van der Waals surface area contributed by atoms with Gasteiger partial charge in [-0.05, 0) is 56.7 Å². The lowest BCUT2D eigenvalue weighted by molar-refractivity contribution is 0.151. The topological polar surface area (TPSA) is 48.4 Å². The van der Waals surface area contributed by atoms with Gasteiger partial charge in [0.2, 0.25) is 0 Å². The first kappa shape index (κ1) is 14.0. The van der Waals surface area contributed by atoms with Crippen molar-refractivity contribution in [2.24, 2.45) is 5.73 Å². The number of furan rings is 1. The van der Waals surface area contributed by atoms with Gasteiger partial charge in [-0.2, -0.15) is 0 Å². The molecule has 0 radical (unpaired) electrons. The van der Waals surface area contributed by atoms with Crippen molar-refractivity contribution in [3.8, 4) is 5.75 Å². The number of aryl methyl sites for hydroxylation is 2. The summed E-state index contributed by atoms with van der Waals surface area (Å²) >= 11 is 6.00. The Morgan fingerprint density at radius 1 is 1.21 bits per heavy atom. The third-order valence-electron chi connectivity index (χ3n) is 2.91. The summed E-state index contributed by atoms with van der Waals surface area (Å²) in [6, 6.07) is 9.17. The summed E-state index contributed by atoms with van der Waals surface area (Å²) in [4.78, 5) is 0. The van der Waals surface area contributed by atoms with Crippen molar-refractivity contribution in [1.29, 1.82) is 0 Å². The second-order valence-electron chi connectivity index (χ2n) is 4.76. The Hall–Kier alpha value is -1.45. The Morgan fingerprint density at radius 3 is 2.47 bits per heavy atom. The van der Waals surface area contributed by atoms with E-state index in [4.69, 9.17) is 26.5 Å². The summed E-state index contributed by atoms with van der Waals surface area (Å²) in [6.45, 7) is 5.73. The van der Waals surface area contributed by atoms with E-state index in [1.807, 2.05) is 51.1 Å². The van der Waals surface area contributed by atoms with E-state index in [1.165, 1.54) is 0 Å². The van der Waals surface area contributed by atoms with Gasteiger partial charge in [-0.15, -0.1) is 0 Å². The molecule has 19 heavy (non-hydrogen) atoms. The van der Waals surface area contributed by atoms with Gasteiger partial charge < -0.3 is 14.9 Å². The van der Waals surface area contributed by atoms with Crippen molar-refractivity contribution in [3.63, 3.8) is 0 Å². The highest BCUT2D eigenvalue weighted by Crippen LogP contribution is 2.28. The number of ether oxygens (including phenoxy) is 1. The van der Waals surface area contributed by atoms with Gasteiger partial charge in [0, 0.05) is 11.1 Å². The molecule has 0 amide bonds. The predicted molar refractivity (Wildman–Crippen MR) is 76.7 cm³/mol. The standard InChI is InChI=1S/C15H18ClNO2/c1-9-8-12(5-6-13(9)16)19-15(11(3)17)14-7-4-10(2)18-14/h4-8,11,15H,17H2,1-3H3. The molecule has 3 nitrogen and oxygen atoms in total. The Morgan fingerprint density at radius 2 is 1.95 bits per heavy atom. The van der Waals surface area contributed by atoms with Crippen molar-refractivity contribution in [1.82, 2.24) is 0 Å². The summed E-state index contributed by atoms with van der Waals surface area (Å²) in [5.41, 5.74) is 6.95. The summed E-state index contributed by atoms with van der Waals surface area (Å²) < 4.78 is 11.5. The Labute approximate surface area is 118 Å². The van der Waals surface area contributed by atoms with Crippen LogP contribution in [0.3, 0.4) is 0 Å². The molecule has 0 aliphatic carbocycles. The fraction of sp³-hybridized carbons (Fsp3) is 0.333. The largest absolute Gasteiger partial charge is 0.481 e. The van der Waals surface area contributed by atoms with E-state index in [1.54, 1.807) is 0 Å². The van der Waals surface area contributed by atoms with Crippen LogP contribution in [-0.2, 0) is 0 Å². The molecular formula is C15H18ClNO2. The van der Waals surface area contributed by atoms with Crippen LogP contribution in [0.15, 0.2) is 34.7 Å². The molecule has 0 spiro atoms. The van der Waals surface area contributed by atoms with E-state index >= 15 is 0 Å². The number of halogens is 1. The number of nitrogens with two attached hydrogens (primary N) is 1. The van der Waals surface area contributed by atoms with E-state index in [9.17, 15) is 0 Å². The van der Waals surface area contributed by atoms with Crippen LogP contribution in [0.4, 0.5) is 0 Å². The minimum Gasteiger partial charge on any atom is -0.481 e. The van der Waals surface area contributed by atoms with E-state index < -0.39 is 0 Å². The highest BCUT2D eigenvalue weighted by molar-refractivity contribution is 6.31. The zero-order chi connectivity index (χ0) is 14.0. The van der Waals surface area contributed by atoms with Crippen LogP contribution in [-0.4, -0.2) is 6.04 Å². The smallest absolute Gasteiger partial charge is 0.171 e. The summed E-state index contributed by atoms with van der Waals surface area (Å²) in [5, 5.41) is 0.721. The lowest BCUT2D eigenvalue weighted by Crippen LogP contribution is -2.28. The number of benzene rings is 1. The van der Waals surface area contributed by atoms with Crippen LogP contribution in [0.2, 0.25) is 5.02 Å². The minimum atomic E-state index is -0.311. The Kier molecular flexibility index (Phi) is 4.17. The zero-order valence-corrected chi connectivity index (χ0v) is 12.1. The van der Waals surface area contributed by atoms with Crippen LogP contribution < -0.4 is 10.5 Å². The van der Waals surface area contributed by atoms with Gasteiger partial charge in [0.1, 0.15) is 17.3 Å². The molecule has 0 aliphatic heterocycles. The van der Waals surface area contributed by atoms with Crippen molar-refractivity contribution in [3.05, 3.63) is 52.4 Å². The average Bonchev–Trinajstić information content (AvgIpc) is 2.76. The monoisotopic (exact) mass is 279 g/mol. The van der Waals surface area contributed by atoms with Crippen LogP contribution in [0.25, 0.3) is 0 Å². The molecule has 2 aromatic rings. The molecule has 2 unspecified atom stereocenters. The van der Waals surface area contributed by atoms with Gasteiger partial charge in [-0.25, -0.2) is 0 Å². The third kappa shape index (κ3) is 3.31. The average molecular weight is 280 g/mol. The number of rotatable bonds is 4. The molecule has 4 heteroatoms. The Balaban J connectivity index is 2.23. The van der Waals surface area contributed by atoms with Crippen molar-refractivity contribution >= 4 is 11.6 Å². The summed E-state index contributed by atoms with van der Waals surface area (Å²) in [5.74, 6) is 2.31. The normalized spacial score (nSPS) is 14.2. The maximum atomic E-state index is 6.00. The van der Waals surface area contributed by atoms with Crippen LogP contribution >= 0.6 is 11.6 Å². The van der Waals surface area contributed by atoms with E-state index in [0.717, 1.165) is 27.9 Å². The first-order chi connectivity index (χ1) is 8.97. The van der Waals surface area contributed by atoms with Crippen molar-refractivity contribution in [2.45, 2.75) is 32.9 Å². The summed E-state index contributed by atoms with van der Waals surface area (Å²) in [7, 11) is 0. The van der Waals surface area contributed by atoms with Crippen molar-refractivity contribution in [2.75, 3.05) is 0 Å². The highest BCUT2D eigenvalue weighted by Gasteiger charge is 2.21. The van der Waals surface area contributed by atoms with E-state index in [2.05, 4.69) is 0 Å². The van der Waals surface area contributed by atoms with Crippen LogP contribution in [0.5, 0.6) is 5.75 Å². The Bertz CT molecular complexity index is 563. The van der Waals surface area contributed by atoms with Gasteiger partial charge in [-0.3, -0.25) is 0 Å². The lowest BCUT2D eigenvalue weighted by Gasteiger charge is -2.21. The van der Waals surface area contributed by atoms with Gasteiger partial charge in [0.15, 0.2) is 6.10 Å². The maximum Gasteiger partial charge on any atom is 0.171 e. The molecule has 2 atom stereocenters. The first-order valence-corrected chi connectivity index (χ1v) is 6.60. The molecular weight excluding hydrogens is 262 g/mol. The van der Waals surface area contributed by atoms with Crippen LogP contribution in [0, 0.1) is 13.8 Å². The number of hydrogen-bond acceptors (Lipinski definition) is 3. The van der Waals surface area contributed by atoms with Crippen molar-refractivity contribution < 1.29 is 9.15 Å². The molecule has 0 saturated carbocycles. The molecule has 1 aromatic heterocycles. The van der Waals surface area contributed by atoms with Crippen LogP contribution in [0.1, 0.15) is 30.1 Å². The molecule has 1 aromatic carbocycles. The van der Waals surface area contributed by atoms with Gasteiger partial charge in [0.25, 0.3) is 0 Å². The molecule has 0 bridgehead atoms. The SMILES string of the molecule is Cc1ccc(C(Oc2ccc(Cl)c(C)c2)C(C)N)o1. The molecule has 2 N–H and O–H groups in total. The van der Waals surface area contributed by atoms with Gasteiger partial charge >= 0.3 is 0 Å². The second-order valence-corrected chi connectivity index (χ2v) is 5.16. The van der Waals surface area contributed by atoms with Gasteiger partial charge in [0.05, 0.1) is 0 Å². The van der Waals surface area contributed by atoms with Gasteiger partial charge in [-0.1, -0.05) is 11.6 Å². The molecule has 102 valence electrons. The molecule has 1 heterocycles. The highest BCUT2D eigenvalue weighted by atomic mass is 35.5. The molecule has 0 saturated heterocycles. The molecule has 0 fully saturated rings. The first-order valence-electron chi connectivity index (χ1n) is 6.22. The van der Waals surface area contributed by atoms with E-state index in [-0.39, 0.29) is 12.1 Å². The second kappa shape index (κ2) is 5.68. The third-order valence-corrected chi connectivity index (χ3v) is 3.34. The molecule has 0 aliphatic rings. The summed E-state index contributed by atoms with van der Waals surface area (Å²) in [6.07, 6.45) is -0.311. The lowest BCUT2D eigenvalue weighted by atomic mass is 10.1. The minimum absolute atomic E-state index is 0.179. The maximum absolute atomic E-state index is 6.00. The number of hydrogen-bond donors (Lipinski definition) is 1. The fourth-order valence-corrected chi connectivity index (χ4v) is 1.99. The van der Waals surface area contributed by atoms with E-state index in [0.29, 0.717) is 0 Å².